The van der Waals surface area contributed by atoms with E-state index in [4.69, 9.17) is 16.7 Å². The van der Waals surface area contributed by atoms with Crippen molar-refractivity contribution in [3.05, 3.63) is 53.4 Å². The van der Waals surface area contributed by atoms with Gasteiger partial charge in [0.2, 0.25) is 0 Å². The summed E-state index contributed by atoms with van der Waals surface area (Å²) >= 11 is 4.97. The number of hydrogen-bond acceptors (Lipinski definition) is 4. The molecule has 4 nitrogen and oxygen atoms in total. The van der Waals surface area contributed by atoms with Crippen LogP contribution in [0.15, 0.2) is 53.2 Å². The molecule has 0 saturated carbocycles. The van der Waals surface area contributed by atoms with E-state index in [0.29, 0.717) is 10.5 Å². The Morgan fingerprint density at radius 2 is 1.94 bits per heavy atom. The van der Waals surface area contributed by atoms with Crippen LogP contribution in [0.3, 0.4) is 0 Å². The van der Waals surface area contributed by atoms with Gasteiger partial charge in [-0.2, -0.15) is 0 Å². The minimum absolute atomic E-state index is 0.421. The molecule has 2 aromatic heterocycles. The Balaban J connectivity index is 2.02. The average molecular weight is 255 g/mol. The molecule has 0 aliphatic heterocycles. The fourth-order valence-electron chi connectivity index (χ4n) is 1.66. The first-order valence-corrected chi connectivity index (χ1v) is 5.81. The molecule has 5 heteroatoms. The minimum Gasteiger partial charge on any atom is -0.354 e. The number of nitrogens with one attached hydrogen (secondary N) is 1. The maximum absolute atomic E-state index is 5.30. The Labute approximate surface area is 108 Å². The normalized spacial score (nSPS) is 10.4. The highest BCUT2D eigenvalue weighted by molar-refractivity contribution is 7.71. The van der Waals surface area contributed by atoms with Gasteiger partial charge in [-0.3, -0.25) is 0 Å². The zero-order valence-electron chi connectivity index (χ0n) is 9.33. The summed E-state index contributed by atoms with van der Waals surface area (Å²) in [6.07, 6.45) is 1.64. The summed E-state index contributed by atoms with van der Waals surface area (Å²) in [7, 11) is 0. The number of aromatic amines is 1. The molecule has 3 rings (SSSR count). The first kappa shape index (κ1) is 10.9. The van der Waals surface area contributed by atoms with E-state index < -0.39 is 0 Å². The van der Waals surface area contributed by atoms with Crippen LogP contribution in [0.2, 0.25) is 0 Å². The van der Waals surface area contributed by atoms with Crippen molar-refractivity contribution < 1.29 is 4.52 Å². The van der Waals surface area contributed by atoms with E-state index in [1.807, 2.05) is 36.4 Å². The number of hydrogen-bond donors (Lipinski definition) is 1. The average Bonchev–Trinajstić information content (AvgIpc) is 2.89. The molecule has 0 radical (unpaired) electrons. The number of aromatic nitrogens is 3. The fourth-order valence-corrected chi connectivity index (χ4v) is 1.83. The van der Waals surface area contributed by atoms with Gasteiger partial charge in [-0.05, 0) is 18.3 Å². The van der Waals surface area contributed by atoms with Crippen LogP contribution in [0.25, 0.3) is 22.7 Å². The summed E-state index contributed by atoms with van der Waals surface area (Å²) in [6, 6.07) is 13.5. The quantitative estimate of drug-likeness (QED) is 0.712. The summed E-state index contributed by atoms with van der Waals surface area (Å²) in [5.74, 6) is 0.641. The SMILES string of the molecule is S=c1nccc(-c2cc(-c3ccccc3)no2)[nH]1. The predicted molar refractivity (Wildman–Crippen MR) is 70.4 cm³/mol. The zero-order chi connectivity index (χ0) is 12.4. The molecule has 88 valence electrons. The highest BCUT2D eigenvalue weighted by Gasteiger charge is 2.08. The molecule has 0 amide bonds. The van der Waals surface area contributed by atoms with Crippen LogP contribution < -0.4 is 0 Å². The number of nitrogens with zero attached hydrogens (tertiary/aromatic N) is 2. The first-order valence-electron chi connectivity index (χ1n) is 5.41. The molecule has 18 heavy (non-hydrogen) atoms. The molecule has 0 fully saturated rings. The van der Waals surface area contributed by atoms with Crippen molar-refractivity contribution in [2.75, 3.05) is 0 Å². The molecule has 0 atom stereocenters. The van der Waals surface area contributed by atoms with Gasteiger partial charge in [-0.1, -0.05) is 35.5 Å². The molecule has 0 unspecified atom stereocenters. The Morgan fingerprint density at radius 3 is 2.72 bits per heavy atom. The van der Waals surface area contributed by atoms with Gasteiger partial charge < -0.3 is 9.51 Å². The van der Waals surface area contributed by atoms with Crippen molar-refractivity contribution in [3.63, 3.8) is 0 Å². The molecular weight excluding hydrogens is 246 g/mol. The topological polar surface area (TPSA) is 54.7 Å². The van der Waals surface area contributed by atoms with Crippen molar-refractivity contribution in [1.82, 2.24) is 15.1 Å². The van der Waals surface area contributed by atoms with Gasteiger partial charge in [-0.25, -0.2) is 4.98 Å². The zero-order valence-corrected chi connectivity index (χ0v) is 10.1. The Hall–Kier alpha value is -2.27. The van der Waals surface area contributed by atoms with E-state index in [2.05, 4.69) is 15.1 Å². The molecule has 3 aromatic rings. The molecule has 0 spiro atoms. The van der Waals surface area contributed by atoms with Crippen LogP contribution in [0.5, 0.6) is 0 Å². The third-order valence-electron chi connectivity index (χ3n) is 2.52. The lowest BCUT2D eigenvalue weighted by Gasteiger charge is -1.93. The third-order valence-corrected chi connectivity index (χ3v) is 2.73. The van der Waals surface area contributed by atoms with Crippen molar-refractivity contribution in [2.24, 2.45) is 0 Å². The highest BCUT2D eigenvalue weighted by Crippen LogP contribution is 2.24. The first-order chi connectivity index (χ1) is 8.83. The van der Waals surface area contributed by atoms with E-state index in [0.717, 1.165) is 17.0 Å². The second-order valence-electron chi connectivity index (χ2n) is 3.73. The van der Waals surface area contributed by atoms with Crippen LogP contribution in [0.4, 0.5) is 0 Å². The smallest absolute Gasteiger partial charge is 0.197 e. The monoisotopic (exact) mass is 255 g/mol. The van der Waals surface area contributed by atoms with E-state index in [1.54, 1.807) is 12.3 Å². The maximum atomic E-state index is 5.30. The van der Waals surface area contributed by atoms with Gasteiger partial charge >= 0.3 is 0 Å². The Bertz CT molecular complexity index is 718. The molecule has 0 aliphatic rings. The van der Waals surface area contributed by atoms with Crippen LogP contribution in [0.1, 0.15) is 0 Å². The highest BCUT2D eigenvalue weighted by atomic mass is 32.1. The molecule has 1 N–H and O–H groups in total. The van der Waals surface area contributed by atoms with Crippen molar-refractivity contribution >= 4 is 12.2 Å². The lowest BCUT2D eigenvalue weighted by Crippen LogP contribution is -1.83. The molecule has 0 bridgehead atoms. The van der Waals surface area contributed by atoms with Gasteiger partial charge in [0.25, 0.3) is 0 Å². The van der Waals surface area contributed by atoms with E-state index in [9.17, 15) is 0 Å². The van der Waals surface area contributed by atoms with E-state index in [-0.39, 0.29) is 0 Å². The largest absolute Gasteiger partial charge is 0.354 e. The second kappa shape index (κ2) is 4.54. The molecule has 1 aromatic carbocycles. The predicted octanol–water partition coefficient (Wildman–Crippen LogP) is 3.46. The number of rotatable bonds is 2. The summed E-state index contributed by atoms with van der Waals surface area (Å²) < 4.78 is 5.73. The van der Waals surface area contributed by atoms with Gasteiger partial charge in [0.05, 0.1) is 5.69 Å². The number of benzene rings is 1. The van der Waals surface area contributed by atoms with Crippen LogP contribution >= 0.6 is 12.2 Å². The molecule has 0 aliphatic carbocycles. The lowest BCUT2D eigenvalue weighted by atomic mass is 10.1. The molecular formula is C13H9N3OS. The number of H-pyrrole nitrogens is 1. The van der Waals surface area contributed by atoms with Gasteiger partial charge in [0.1, 0.15) is 5.69 Å². The van der Waals surface area contributed by atoms with Crippen molar-refractivity contribution in [3.8, 4) is 22.7 Å². The summed E-state index contributed by atoms with van der Waals surface area (Å²) in [5.41, 5.74) is 2.58. The van der Waals surface area contributed by atoms with Crippen molar-refractivity contribution in [2.45, 2.75) is 0 Å². The van der Waals surface area contributed by atoms with Gasteiger partial charge in [-0.15, -0.1) is 0 Å². The maximum Gasteiger partial charge on any atom is 0.197 e. The molecule has 0 saturated heterocycles. The van der Waals surface area contributed by atoms with E-state index >= 15 is 0 Å². The standard InChI is InChI=1S/C13H9N3OS/c18-13-14-7-6-10(15-13)12-8-11(16-17-12)9-4-2-1-3-5-9/h1-8H,(H,14,15,18). The second-order valence-corrected chi connectivity index (χ2v) is 4.12. The van der Waals surface area contributed by atoms with Crippen LogP contribution in [0, 0.1) is 4.77 Å². The fraction of sp³-hybridized carbons (Fsp3) is 0. The summed E-state index contributed by atoms with van der Waals surface area (Å²) in [5, 5.41) is 4.04. The summed E-state index contributed by atoms with van der Waals surface area (Å²) in [6.45, 7) is 0. The van der Waals surface area contributed by atoms with Gasteiger partial charge in [0, 0.05) is 17.8 Å². The summed E-state index contributed by atoms with van der Waals surface area (Å²) in [4.78, 5) is 6.89. The van der Waals surface area contributed by atoms with Crippen molar-refractivity contribution in [1.29, 1.82) is 0 Å². The minimum atomic E-state index is 0.421. The van der Waals surface area contributed by atoms with Crippen LogP contribution in [-0.2, 0) is 0 Å². The lowest BCUT2D eigenvalue weighted by molar-refractivity contribution is 0.433. The van der Waals surface area contributed by atoms with Gasteiger partial charge in [0.15, 0.2) is 10.5 Å². The molecule has 2 heterocycles. The van der Waals surface area contributed by atoms with E-state index in [1.165, 1.54) is 0 Å². The Kier molecular flexibility index (Phi) is 2.74. The Morgan fingerprint density at radius 1 is 1.11 bits per heavy atom. The van der Waals surface area contributed by atoms with Crippen LogP contribution in [-0.4, -0.2) is 15.1 Å². The third kappa shape index (κ3) is 2.08.